The van der Waals surface area contributed by atoms with Crippen molar-refractivity contribution in [2.45, 2.75) is 77.7 Å². The molecule has 0 unspecified atom stereocenters. The molecule has 5 atom stereocenters. The molecule has 1 heterocycles. The molecule has 1 aliphatic rings. The average Bonchev–Trinajstić information content (AvgIpc) is 2.48. The third-order valence-electron chi connectivity index (χ3n) is 3.57. The van der Waals surface area contributed by atoms with Gasteiger partial charge in [-0.3, -0.25) is 14.4 Å². The van der Waals surface area contributed by atoms with Gasteiger partial charge in [0.25, 0.3) is 0 Å². The first-order valence-corrected chi connectivity index (χ1v) is 8.00. The molecule has 0 radical (unpaired) electrons. The minimum atomic E-state index is -1.03. The monoisotopic (exact) mass is 346 g/mol. The van der Waals surface area contributed by atoms with Gasteiger partial charge in [0.15, 0.2) is 24.6 Å². The van der Waals surface area contributed by atoms with Gasteiger partial charge in [0.05, 0.1) is 0 Å². The van der Waals surface area contributed by atoms with Gasteiger partial charge < -0.3 is 23.7 Å². The molecule has 1 fully saturated rings. The quantitative estimate of drug-likeness (QED) is 0.503. The number of rotatable bonds is 7. The molecule has 8 heteroatoms. The minimum Gasteiger partial charge on any atom is -0.456 e. The molecule has 0 aromatic carbocycles. The van der Waals surface area contributed by atoms with E-state index in [4.69, 9.17) is 23.7 Å². The lowest BCUT2D eigenvalue weighted by Crippen LogP contribution is -2.61. The summed E-state index contributed by atoms with van der Waals surface area (Å²) >= 11 is 0. The summed E-state index contributed by atoms with van der Waals surface area (Å²) in [5, 5.41) is 0. The molecule has 24 heavy (non-hydrogen) atoms. The lowest BCUT2D eigenvalue weighted by molar-refractivity contribution is -0.299. The highest BCUT2D eigenvalue weighted by Gasteiger charge is 2.51. The first kappa shape index (κ1) is 20.4. The summed E-state index contributed by atoms with van der Waals surface area (Å²) in [6.45, 7) is 5.73. The lowest BCUT2D eigenvalue weighted by atomic mass is 9.94. The van der Waals surface area contributed by atoms with Gasteiger partial charge in [-0.15, -0.1) is 0 Å². The smallest absolute Gasteiger partial charge is 0.303 e. The van der Waals surface area contributed by atoms with Crippen LogP contribution in [0.1, 0.15) is 47.0 Å². The van der Waals surface area contributed by atoms with E-state index in [9.17, 15) is 14.4 Å². The van der Waals surface area contributed by atoms with Crippen molar-refractivity contribution in [3.63, 3.8) is 0 Å². The van der Waals surface area contributed by atoms with Crippen molar-refractivity contribution in [3.8, 4) is 0 Å². The largest absolute Gasteiger partial charge is 0.456 e. The Morgan fingerprint density at radius 2 is 1.38 bits per heavy atom. The van der Waals surface area contributed by atoms with E-state index in [0.717, 1.165) is 12.8 Å². The summed E-state index contributed by atoms with van der Waals surface area (Å²) in [6, 6.07) is 0. The zero-order chi connectivity index (χ0) is 18.3. The third-order valence-corrected chi connectivity index (χ3v) is 3.57. The Morgan fingerprint density at radius 1 is 0.875 bits per heavy atom. The second kappa shape index (κ2) is 9.58. The molecule has 8 nitrogen and oxygen atoms in total. The van der Waals surface area contributed by atoms with Gasteiger partial charge in [-0.05, 0) is 6.42 Å². The van der Waals surface area contributed by atoms with E-state index in [2.05, 4.69) is 0 Å². The summed E-state index contributed by atoms with van der Waals surface area (Å²) in [5.74, 6) is -1.71. The number of esters is 3. The molecule has 0 aromatic heterocycles. The lowest BCUT2D eigenvalue weighted by Gasteiger charge is -2.44. The fourth-order valence-corrected chi connectivity index (χ4v) is 2.68. The Bertz CT molecular complexity index is 449. The van der Waals surface area contributed by atoms with Gasteiger partial charge in [-0.1, -0.05) is 19.8 Å². The van der Waals surface area contributed by atoms with Crippen molar-refractivity contribution in [3.05, 3.63) is 0 Å². The van der Waals surface area contributed by atoms with Gasteiger partial charge in [0.1, 0.15) is 6.10 Å². The van der Waals surface area contributed by atoms with Gasteiger partial charge in [-0.25, -0.2) is 0 Å². The molecule has 138 valence electrons. The highest BCUT2D eigenvalue weighted by Crippen LogP contribution is 2.31. The van der Waals surface area contributed by atoms with Crippen LogP contribution in [0.4, 0.5) is 0 Å². The third kappa shape index (κ3) is 5.76. The van der Waals surface area contributed by atoms with Crippen LogP contribution in [-0.2, 0) is 38.1 Å². The average molecular weight is 346 g/mol. The van der Waals surface area contributed by atoms with Crippen molar-refractivity contribution in [1.82, 2.24) is 0 Å². The number of ether oxygens (including phenoxy) is 5. The summed E-state index contributed by atoms with van der Waals surface area (Å²) < 4.78 is 26.9. The van der Waals surface area contributed by atoms with E-state index < -0.39 is 48.6 Å². The number of methoxy groups -OCH3 is 1. The molecule has 1 rings (SSSR count). The molecular weight excluding hydrogens is 320 g/mol. The zero-order valence-electron chi connectivity index (χ0n) is 14.8. The maximum absolute atomic E-state index is 11.5. The molecule has 0 spiro atoms. The van der Waals surface area contributed by atoms with Crippen molar-refractivity contribution in [1.29, 1.82) is 0 Å². The summed E-state index contributed by atoms with van der Waals surface area (Å²) in [6.07, 6.45) is -2.05. The number of carbonyl (C=O) groups is 3. The van der Waals surface area contributed by atoms with Crippen molar-refractivity contribution in [2.75, 3.05) is 7.11 Å². The summed E-state index contributed by atoms with van der Waals surface area (Å²) in [4.78, 5) is 34.4. The molecule has 0 aliphatic carbocycles. The van der Waals surface area contributed by atoms with Crippen molar-refractivity contribution >= 4 is 17.9 Å². The van der Waals surface area contributed by atoms with Crippen LogP contribution in [0, 0.1) is 0 Å². The predicted molar refractivity (Wildman–Crippen MR) is 81.9 cm³/mol. The summed E-state index contributed by atoms with van der Waals surface area (Å²) in [5.41, 5.74) is 0. The SMILES string of the molecule is CCCC[C@@H]1O[C@@H](OC)[C@H](OC(C)=O)[C@H](OC(C)=O)[C@H]1OC(C)=O. The van der Waals surface area contributed by atoms with E-state index >= 15 is 0 Å². The summed E-state index contributed by atoms with van der Waals surface area (Å²) in [7, 11) is 1.40. The van der Waals surface area contributed by atoms with Crippen LogP contribution in [0.3, 0.4) is 0 Å². The van der Waals surface area contributed by atoms with Gasteiger partial charge in [-0.2, -0.15) is 0 Å². The topological polar surface area (TPSA) is 97.4 Å². The Hall–Kier alpha value is -1.67. The second-order valence-corrected chi connectivity index (χ2v) is 5.64. The molecule has 0 N–H and O–H groups in total. The maximum Gasteiger partial charge on any atom is 0.303 e. The van der Waals surface area contributed by atoms with Crippen LogP contribution in [0.25, 0.3) is 0 Å². The fourth-order valence-electron chi connectivity index (χ4n) is 2.68. The van der Waals surface area contributed by atoms with Crippen LogP contribution < -0.4 is 0 Å². The predicted octanol–water partition coefficient (Wildman–Crippen LogP) is 1.34. The molecule has 1 aliphatic heterocycles. The molecular formula is C16H26O8. The number of unbranched alkanes of at least 4 members (excludes halogenated alkanes) is 1. The zero-order valence-corrected chi connectivity index (χ0v) is 14.8. The van der Waals surface area contributed by atoms with E-state index in [1.54, 1.807) is 0 Å². The minimum absolute atomic E-state index is 0.532. The Labute approximate surface area is 141 Å². The molecule has 0 amide bonds. The fraction of sp³-hybridized carbons (Fsp3) is 0.812. The Morgan fingerprint density at radius 3 is 1.83 bits per heavy atom. The molecule has 0 aromatic rings. The first-order chi connectivity index (χ1) is 11.3. The second-order valence-electron chi connectivity index (χ2n) is 5.64. The van der Waals surface area contributed by atoms with E-state index in [-0.39, 0.29) is 0 Å². The normalized spacial score (nSPS) is 29.6. The Balaban J connectivity index is 3.15. The molecule has 0 saturated carbocycles. The molecule has 0 bridgehead atoms. The van der Waals surface area contributed by atoms with E-state index in [0.29, 0.717) is 6.42 Å². The standard InChI is InChI=1S/C16H26O8/c1-6-7-8-12-13(21-9(2)17)14(22-10(3)18)15(23-11(4)19)16(20-5)24-12/h12-16H,6-8H2,1-5H3/t12-,13-,14+,15+,16+/m0/s1. The highest BCUT2D eigenvalue weighted by molar-refractivity contribution is 5.68. The van der Waals surface area contributed by atoms with Gasteiger partial charge >= 0.3 is 17.9 Å². The van der Waals surface area contributed by atoms with Crippen LogP contribution >= 0.6 is 0 Å². The van der Waals surface area contributed by atoms with E-state index in [1.807, 2.05) is 6.92 Å². The van der Waals surface area contributed by atoms with Crippen molar-refractivity contribution < 1.29 is 38.1 Å². The number of hydrogen-bond donors (Lipinski definition) is 0. The highest BCUT2D eigenvalue weighted by atomic mass is 16.7. The molecule has 1 saturated heterocycles. The maximum atomic E-state index is 11.5. The van der Waals surface area contributed by atoms with Crippen LogP contribution in [-0.4, -0.2) is 55.7 Å². The van der Waals surface area contributed by atoms with Gasteiger partial charge in [0, 0.05) is 27.9 Å². The van der Waals surface area contributed by atoms with Crippen LogP contribution in [0.5, 0.6) is 0 Å². The number of carbonyl (C=O) groups excluding carboxylic acids is 3. The van der Waals surface area contributed by atoms with Crippen LogP contribution in [0.15, 0.2) is 0 Å². The Kier molecular flexibility index (Phi) is 8.14. The van der Waals surface area contributed by atoms with Crippen LogP contribution in [0.2, 0.25) is 0 Å². The van der Waals surface area contributed by atoms with Gasteiger partial charge in [0.2, 0.25) is 0 Å². The van der Waals surface area contributed by atoms with Crippen molar-refractivity contribution in [2.24, 2.45) is 0 Å². The van der Waals surface area contributed by atoms with E-state index in [1.165, 1.54) is 27.9 Å². The number of hydrogen-bond acceptors (Lipinski definition) is 8. The first-order valence-electron chi connectivity index (χ1n) is 8.00.